The number of carbonyl (C=O) groups is 2. The van der Waals surface area contributed by atoms with Crippen molar-refractivity contribution in [3.63, 3.8) is 0 Å². The van der Waals surface area contributed by atoms with E-state index in [1.807, 2.05) is 0 Å². The Balaban J connectivity index is 1.67. The van der Waals surface area contributed by atoms with Gasteiger partial charge in [0.25, 0.3) is 0 Å². The Bertz CT molecular complexity index is 728. The zero-order valence-electron chi connectivity index (χ0n) is 13.2. The van der Waals surface area contributed by atoms with Crippen LogP contribution in [0.3, 0.4) is 0 Å². The molecule has 0 unspecified atom stereocenters. The van der Waals surface area contributed by atoms with E-state index < -0.39 is 11.5 Å². The van der Waals surface area contributed by atoms with Crippen molar-refractivity contribution in [1.29, 1.82) is 0 Å². The molecule has 2 aromatic rings. The number of halogens is 1. The van der Waals surface area contributed by atoms with Crippen LogP contribution in [-0.4, -0.2) is 54.5 Å². The van der Waals surface area contributed by atoms with Gasteiger partial charge in [-0.05, 0) is 13.0 Å². The third kappa shape index (κ3) is 2.89. The molecule has 128 valence electrons. The minimum atomic E-state index is -1.09. The Hall–Kier alpha value is -2.35. The number of hydrogen-bond acceptors (Lipinski definition) is 4. The first-order valence-electron chi connectivity index (χ1n) is 7.63. The Morgan fingerprint density at radius 1 is 1.38 bits per heavy atom. The molecule has 0 aliphatic carbocycles. The number of carbonyl (C=O) groups excluding carboxylic acids is 1. The summed E-state index contributed by atoms with van der Waals surface area (Å²) in [6.07, 6.45) is 5.46. The molecule has 3 rings (SSSR count). The number of likely N-dealkylation sites (tertiary alicyclic amines) is 1. The first-order valence-corrected chi connectivity index (χ1v) is 8.01. The summed E-state index contributed by atoms with van der Waals surface area (Å²) in [5.74, 6) is -1.03. The molecule has 8 nitrogen and oxygen atoms in total. The maximum absolute atomic E-state index is 12.4. The van der Waals surface area contributed by atoms with E-state index in [0.717, 1.165) is 0 Å². The van der Waals surface area contributed by atoms with Gasteiger partial charge in [0.05, 0.1) is 10.7 Å². The minimum absolute atomic E-state index is 0.0927. The van der Waals surface area contributed by atoms with E-state index in [9.17, 15) is 14.7 Å². The number of aryl methyl sites for hydroxylation is 1. The van der Waals surface area contributed by atoms with Gasteiger partial charge in [-0.1, -0.05) is 11.6 Å². The highest BCUT2D eigenvalue weighted by Crippen LogP contribution is 2.30. The SMILES string of the molecule is Cc1nn(CC(=O)N2CCC(C(=O)O)(n3cccn3)CC2)cc1Cl. The summed E-state index contributed by atoms with van der Waals surface area (Å²) in [5.41, 5.74) is -0.419. The van der Waals surface area contributed by atoms with Crippen LogP contribution >= 0.6 is 11.6 Å². The number of carboxylic acid groups (broad SMARTS) is 1. The number of aromatic nitrogens is 4. The molecule has 1 aliphatic heterocycles. The lowest BCUT2D eigenvalue weighted by molar-refractivity contribution is -0.153. The highest BCUT2D eigenvalue weighted by molar-refractivity contribution is 6.31. The molecule has 1 saturated heterocycles. The van der Waals surface area contributed by atoms with Gasteiger partial charge >= 0.3 is 5.97 Å². The maximum Gasteiger partial charge on any atom is 0.331 e. The van der Waals surface area contributed by atoms with Gasteiger partial charge in [-0.3, -0.25) is 14.2 Å². The average molecular weight is 352 g/mol. The summed E-state index contributed by atoms with van der Waals surface area (Å²) in [6.45, 7) is 2.59. The number of carboxylic acids is 1. The van der Waals surface area contributed by atoms with Gasteiger partial charge in [0.15, 0.2) is 5.54 Å². The quantitative estimate of drug-likeness (QED) is 0.891. The summed E-state index contributed by atoms with van der Waals surface area (Å²) >= 11 is 5.94. The van der Waals surface area contributed by atoms with Gasteiger partial charge in [-0.2, -0.15) is 10.2 Å². The lowest BCUT2D eigenvalue weighted by atomic mass is 9.87. The second-order valence-electron chi connectivity index (χ2n) is 5.93. The van der Waals surface area contributed by atoms with Gasteiger partial charge in [0.1, 0.15) is 6.54 Å². The smallest absolute Gasteiger partial charge is 0.331 e. The summed E-state index contributed by atoms with van der Waals surface area (Å²) in [6, 6.07) is 1.70. The summed E-state index contributed by atoms with van der Waals surface area (Å²) < 4.78 is 2.99. The van der Waals surface area contributed by atoms with Crippen LogP contribution in [0.25, 0.3) is 0 Å². The number of piperidine rings is 1. The van der Waals surface area contributed by atoms with Crippen LogP contribution in [-0.2, 0) is 21.7 Å². The van der Waals surface area contributed by atoms with Gasteiger partial charge in [0, 0.05) is 44.5 Å². The first kappa shape index (κ1) is 16.5. The second-order valence-corrected chi connectivity index (χ2v) is 6.34. The third-order valence-corrected chi connectivity index (χ3v) is 4.84. The standard InChI is InChI=1S/C15H18ClN5O3/c1-11-12(16)9-20(18-11)10-13(22)19-7-3-15(4-8-19,14(23)24)21-6-2-5-17-21/h2,5-6,9H,3-4,7-8,10H2,1H3,(H,23,24). The van der Waals surface area contributed by atoms with Crippen LogP contribution in [0, 0.1) is 6.92 Å². The molecule has 0 aromatic carbocycles. The largest absolute Gasteiger partial charge is 0.479 e. The molecular weight excluding hydrogens is 334 g/mol. The lowest BCUT2D eigenvalue weighted by Gasteiger charge is -2.38. The Morgan fingerprint density at radius 2 is 2.08 bits per heavy atom. The number of amides is 1. The fraction of sp³-hybridized carbons (Fsp3) is 0.467. The van der Waals surface area contributed by atoms with Crippen molar-refractivity contribution < 1.29 is 14.7 Å². The molecule has 3 heterocycles. The molecule has 0 saturated carbocycles. The summed E-state index contributed by atoms with van der Waals surface area (Å²) in [5, 5.41) is 18.4. The second kappa shape index (κ2) is 6.27. The molecule has 1 fully saturated rings. The molecule has 1 amide bonds. The van der Waals surface area contributed by atoms with Crippen molar-refractivity contribution in [2.75, 3.05) is 13.1 Å². The number of aliphatic carboxylic acids is 1. The van der Waals surface area contributed by atoms with E-state index in [4.69, 9.17) is 11.6 Å². The van der Waals surface area contributed by atoms with Crippen LogP contribution in [0.5, 0.6) is 0 Å². The molecule has 0 spiro atoms. The zero-order chi connectivity index (χ0) is 17.3. The monoisotopic (exact) mass is 351 g/mol. The molecule has 1 aliphatic rings. The van der Waals surface area contributed by atoms with Crippen LogP contribution < -0.4 is 0 Å². The van der Waals surface area contributed by atoms with Crippen molar-refractivity contribution in [3.8, 4) is 0 Å². The van der Waals surface area contributed by atoms with E-state index >= 15 is 0 Å². The van der Waals surface area contributed by atoms with Crippen LogP contribution in [0.2, 0.25) is 5.02 Å². The molecule has 0 atom stereocenters. The zero-order valence-corrected chi connectivity index (χ0v) is 14.0. The highest BCUT2D eigenvalue weighted by atomic mass is 35.5. The molecule has 9 heteroatoms. The molecule has 0 radical (unpaired) electrons. The number of nitrogens with zero attached hydrogens (tertiary/aromatic N) is 5. The van der Waals surface area contributed by atoms with Crippen molar-refractivity contribution >= 4 is 23.5 Å². The topological polar surface area (TPSA) is 93.3 Å². The maximum atomic E-state index is 12.4. The minimum Gasteiger partial charge on any atom is -0.479 e. The molecule has 1 N–H and O–H groups in total. The first-order chi connectivity index (χ1) is 11.4. The van der Waals surface area contributed by atoms with Crippen LogP contribution in [0.15, 0.2) is 24.7 Å². The average Bonchev–Trinajstić information content (AvgIpc) is 3.18. The van der Waals surface area contributed by atoms with E-state index in [-0.39, 0.29) is 12.5 Å². The van der Waals surface area contributed by atoms with Crippen LogP contribution in [0.4, 0.5) is 0 Å². The van der Waals surface area contributed by atoms with E-state index in [2.05, 4.69) is 10.2 Å². The lowest BCUT2D eigenvalue weighted by Crippen LogP contribution is -2.53. The van der Waals surface area contributed by atoms with Crippen molar-refractivity contribution in [1.82, 2.24) is 24.5 Å². The van der Waals surface area contributed by atoms with E-state index in [0.29, 0.717) is 36.6 Å². The van der Waals surface area contributed by atoms with Gasteiger partial charge in [0.2, 0.25) is 5.91 Å². The molecule has 0 bridgehead atoms. The van der Waals surface area contributed by atoms with Gasteiger partial charge in [-0.15, -0.1) is 0 Å². The predicted molar refractivity (Wildman–Crippen MR) is 85.6 cm³/mol. The summed E-state index contributed by atoms with van der Waals surface area (Å²) in [4.78, 5) is 25.9. The molecule has 24 heavy (non-hydrogen) atoms. The summed E-state index contributed by atoms with van der Waals surface area (Å²) in [7, 11) is 0. The number of hydrogen-bond donors (Lipinski definition) is 1. The Kier molecular flexibility index (Phi) is 4.31. The third-order valence-electron chi connectivity index (χ3n) is 4.47. The van der Waals surface area contributed by atoms with E-state index in [1.165, 1.54) is 9.36 Å². The van der Waals surface area contributed by atoms with E-state index in [1.54, 1.807) is 36.5 Å². The highest BCUT2D eigenvalue weighted by Gasteiger charge is 2.44. The fourth-order valence-electron chi connectivity index (χ4n) is 3.00. The normalized spacial score (nSPS) is 17.0. The number of rotatable bonds is 4. The van der Waals surface area contributed by atoms with Crippen molar-refractivity contribution in [2.24, 2.45) is 0 Å². The van der Waals surface area contributed by atoms with Crippen LogP contribution in [0.1, 0.15) is 18.5 Å². The Labute approximate surface area is 143 Å². The fourth-order valence-corrected chi connectivity index (χ4v) is 3.15. The predicted octanol–water partition coefficient (Wildman–Crippen LogP) is 1.14. The molecule has 2 aromatic heterocycles. The van der Waals surface area contributed by atoms with Crippen molar-refractivity contribution in [2.45, 2.75) is 31.8 Å². The Morgan fingerprint density at radius 3 is 2.58 bits per heavy atom. The van der Waals surface area contributed by atoms with Gasteiger partial charge in [-0.25, -0.2) is 4.79 Å². The van der Waals surface area contributed by atoms with Crippen molar-refractivity contribution in [3.05, 3.63) is 35.4 Å². The molecular formula is C15H18ClN5O3. The van der Waals surface area contributed by atoms with Gasteiger partial charge < -0.3 is 10.0 Å².